The zero-order valence-corrected chi connectivity index (χ0v) is 13.0. The Hall–Kier alpha value is -1.66. The third-order valence-electron chi connectivity index (χ3n) is 4.15. The predicted octanol–water partition coefficient (Wildman–Crippen LogP) is 2.34. The van der Waals surface area contributed by atoms with Crippen LogP contribution in [0.15, 0.2) is 29.1 Å². The molecular formula is C15H19BN2O3. The third-order valence-corrected chi connectivity index (χ3v) is 4.15. The molecule has 2 aromatic rings. The van der Waals surface area contributed by atoms with Gasteiger partial charge in [-0.05, 0) is 46.8 Å². The van der Waals surface area contributed by atoms with Gasteiger partial charge in [-0.1, -0.05) is 0 Å². The molecule has 6 heteroatoms. The summed E-state index contributed by atoms with van der Waals surface area (Å²) in [6.07, 6.45) is 3.23. The molecule has 21 heavy (non-hydrogen) atoms. The summed E-state index contributed by atoms with van der Waals surface area (Å²) in [5.41, 5.74) is 1.68. The van der Waals surface area contributed by atoms with Crippen molar-refractivity contribution in [3.63, 3.8) is 0 Å². The smallest absolute Gasteiger partial charge is 0.472 e. The van der Waals surface area contributed by atoms with Gasteiger partial charge in [0.1, 0.15) is 6.26 Å². The Morgan fingerprint density at radius 2 is 1.71 bits per heavy atom. The van der Waals surface area contributed by atoms with Crippen LogP contribution >= 0.6 is 0 Å². The maximum Gasteiger partial charge on any atom is 0.514 e. The number of hydrogen-bond donors (Lipinski definition) is 0. The molecule has 0 aromatic carbocycles. The van der Waals surface area contributed by atoms with Gasteiger partial charge in [0.05, 0.1) is 28.6 Å². The zero-order valence-electron chi connectivity index (χ0n) is 13.0. The van der Waals surface area contributed by atoms with E-state index in [4.69, 9.17) is 13.7 Å². The first-order valence-corrected chi connectivity index (χ1v) is 7.02. The molecule has 3 rings (SSSR count). The lowest BCUT2D eigenvalue weighted by atomic mass is 9.84. The van der Waals surface area contributed by atoms with Crippen molar-refractivity contribution in [2.75, 3.05) is 0 Å². The molecule has 110 valence electrons. The molecule has 3 heterocycles. The average molecular weight is 286 g/mol. The van der Waals surface area contributed by atoms with E-state index < -0.39 is 7.12 Å². The first-order chi connectivity index (χ1) is 9.78. The van der Waals surface area contributed by atoms with Crippen molar-refractivity contribution in [1.82, 2.24) is 9.97 Å². The molecule has 0 radical (unpaired) electrons. The van der Waals surface area contributed by atoms with E-state index in [0.29, 0.717) is 5.82 Å². The molecule has 0 aliphatic carbocycles. The van der Waals surface area contributed by atoms with E-state index in [2.05, 4.69) is 9.97 Å². The Balaban J connectivity index is 1.97. The van der Waals surface area contributed by atoms with Crippen molar-refractivity contribution in [3.8, 4) is 11.4 Å². The fraction of sp³-hybridized carbons (Fsp3) is 0.467. The lowest BCUT2D eigenvalue weighted by Crippen LogP contribution is -2.41. The number of rotatable bonds is 2. The maximum absolute atomic E-state index is 6.04. The van der Waals surface area contributed by atoms with Gasteiger partial charge < -0.3 is 13.7 Å². The Bertz CT molecular complexity index is 637. The molecule has 0 atom stereocenters. The van der Waals surface area contributed by atoms with Gasteiger partial charge in [-0.3, -0.25) is 0 Å². The number of aromatic nitrogens is 2. The Kier molecular flexibility index (Phi) is 3.18. The second kappa shape index (κ2) is 4.68. The minimum Gasteiger partial charge on any atom is -0.472 e. The summed E-state index contributed by atoms with van der Waals surface area (Å²) in [7, 11) is -0.484. The van der Waals surface area contributed by atoms with E-state index in [1.165, 1.54) is 0 Å². The van der Waals surface area contributed by atoms with Crippen LogP contribution in [0.1, 0.15) is 33.4 Å². The molecule has 0 unspecified atom stereocenters. The Morgan fingerprint density at radius 1 is 1.05 bits per heavy atom. The van der Waals surface area contributed by atoms with Gasteiger partial charge in [0.15, 0.2) is 5.82 Å². The van der Waals surface area contributed by atoms with Crippen molar-refractivity contribution in [2.45, 2.75) is 45.8 Å². The summed E-state index contributed by atoms with van der Waals surface area (Å²) in [6, 6.07) is 3.73. The average Bonchev–Trinajstić information content (AvgIpc) is 2.96. The van der Waals surface area contributed by atoms with Crippen LogP contribution in [-0.4, -0.2) is 28.3 Å². The van der Waals surface area contributed by atoms with Crippen LogP contribution in [0.2, 0.25) is 0 Å². The molecule has 2 aromatic heterocycles. The largest absolute Gasteiger partial charge is 0.514 e. The molecule has 0 bridgehead atoms. The van der Waals surface area contributed by atoms with Gasteiger partial charge in [-0.15, -0.1) is 0 Å². The van der Waals surface area contributed by atoms with Crippen LogP contribution in [0.4, 0.5) is 0 Å². The molecule has 5 nitrogen and oxygen atoms in total. The first-order valence-electron chi connectivity index (χ1n) is 7.02. The van der Waals surface area contributed by atoms with Crippen LogP contribution in [0.5, 0.6) is 0 Å². The van der Waals surface area contributed by atoms with Crippen molar-refractivity contribution in [2.24, 2.45) is 0 Å². The normalized spacial score (nSPS) is 20.0. The molecule has 1 saturated heterocycles. The van der Waals surface area contributed by atoms with Gasteiger partial charge in [0, 0.05) is 5.69 Å². The third kappa shape index (κ3) is 2.49. The quantitative estimate of drug-likeness (QED) is 0.793. The Morgan fingerprint density at radius 3 is 2.29 bits per heavy atom. The number of nitrogens with zero attached hydrogens (tertiary/aromatic N) is 2. The van der Waals surface area contributed by atoms with Crippen LogP contribution in [-0.2, 0) is 9.31 Å². The highest BCUT2D eigenvalue weighted by Crippen LogP contribution is 2.36. The van der Waals surface area contributed by atoms with Crippen molar-refractivity contribution < 1.29 is 13.7 Å². The van der Waals surface area contributed by atoms with E-state index in [-0.39, 0.29) is 11.2 Å². The van der Waals surface area contributed by atoms with E-state index in [1.807, 2.05) is 46.8 Å². The highest BCUT2D eigenvalue weighted by molar-refractivity contribution is 6.61. The molecular weight excluding hydrogens is 267 g/mol. The Labute approximate surface area is 124 Å². The van der Waals surface area contributed by atoms with E-state index in [0.717, 1.165) is 16.9 Å². The molecule has 0 saturated carbocycles. The van der Waals surface area contributed by atoms with E-state index >= 15 is 0 Å². The van der Waals surface area contributed by atoms with Crippen LogP contribution in [0, 0.1) is 6.92 Å². The number of furan rings is 1. The van der Waals surface area contributed by atoms with Crippen LogP contribution in [0.3, 0.4) is 0 Å². The minimum absolute atomic E-state index is 0.383. The fourth-order valence-corrected chi connectivity index (χ4v) is 2.20. The highest BCUT2D eigenvalue weighted by Gasteiger charge is 2.52. The van der Waals surface area contributed by atoms with Gasteiger partial charge in [0.25, 0.3) is 0 Å². The van der Waals surface area contributed by atoms with Gasteiger partial charge >= 0.3 is 7.12 Å². The molecule has 0 spiro atoms. The molecule has 1 aliphatic rings. The molecule has 0 amide bonds. The van der Waals surface area contributed by atoms with E-state index in [1.54, 1.807) is 12.5 Å². The SMILES string of the molecule is Cc1cc(B2OC(C)(C)C(C)(C)O2)nc(-c2ccoc2)n1. The maximum atomic E-state index is 6.04. The lowest BCUT2D eigenvalue weighted by molar-refractivity contribution is 0.00578. The minimum atomic E-state index is -0.484. The summed E-state index contributed by atoms with van der Waals surface area (Å²) in [4.78, 5) is 9.01. The standard InChI is InChI=1S/C15H19BN2O3/c1-10-8-12(16-20-14(2,3)15(4,5)21-16)18-13(17-10)11-6-7-19-9-11/h6-9H,1-5H3. The van der Waals surface area contributed by atoms with Gasteiger partial charge in [-0.25, -0.2) is 9.97 Å². The molecule has 1 aliphatic heterocycles. The highest BCUT2D eigenvalue weighted by atomic mass is 16.7. The monoisotopic (exact) mass is 286 g/mol. The van der Waals surface area contributed by atoms with Crippen molar-refractivity contribution >= 4 is 12.7 Å². The van der Waals surface area contributed by atoms with E-state index in [9.17, 15) is 0 Å². The van der Waals surface area contributed by atoms with Gasteiger partial charge in [-0.2, -0.15) is 0 Å². The zero-order chi connectivity index (χ0) is 15.3. The number of aryl methyl sites for hydroxylation is 1. The van der Waals surface area contributed by atoms with Crippen LogP contribution < -0.4 is 5.59 Å². The first kappa shape index (κ1) is 14.3. The second-order valence-electron chi connectivity index (χ2n) is 6.36. The molecule has 1 fully saturated rings. The fourth-order valence-electron chi connectivity index (χ4n) is 2.20. The van der Waals surface area contributed by atoms with Crippen molar-refractivity contribution in [1.29, 1.82) is 0 Å². The summed E-state index contributed by atoms with van der Waals surface area (Å²) in [5, 5.41) is 0. The predicted molar refractivity (Wildman–Crippen MR) is 80.2 cm³/mol. The number of hydrogen-bond acceptors (Lipinski definition) is 5. The summed E-state index contributed by atoms with van der Waals surface area (Å²) in [5.74, 6) is 0.619. The lowest BCUT2D eigenvalue weighted by Gasteiger charge is -2.32. The second-order valence-corrected chi connectivity index (χ2v) is 6.36. The van der Waals surface area contributed by atoms with Crippen LogP contribution in [0.25, 0.3) is 11.4 Å². The summed E-state index contributed by atoms with van der Waals surface area (Å²) < 4.78 is 17.2. The molecule has 0 N–H and O–H groups in total. The summed E-state index contributed by atoms with van der Waals surface area (Å²) >= 11 is 0. The summed E-state index contributed by atoms with van der Waals surface area (Å²) in [6.45, 7) is 10.0. The van der Waals surface area contributed by atoms with Gasteiger partial charge in [0.2, 0.25) is 0 Å². The topological polar surface area (TPSA) is 57.4 Å². The van der Waals surface area contributed by atoms with Crippen molar-refractivity contribution in [3.05, 3.63) is 30.4 Å².